The van der Waals surface area contributed by atoms with Gasteiger partial charge in [-0.3, -0.25) is 4.79 Å². The van der Waals surface area contributed by atoms with Gasteiger partial charge in [0, 0.05) is 12.6 Å². The van der Waals surface area contributed by atoms with E-state index in [4.69, 9.17) is 14.6 Å². The summed E-state index contributed by atoms with van der Waals surface area (Å²) in [5, 5.41) is 11.9. The van der Waals surface area contributed by atoms with Crippen LogP contribution in [-0.2, 0) is 4.79 Å². The molecule has 0 saturated carbocycles. The summed E-state index contributed by atoms with van der Waals surface area (Å²) in [4.78, 5) is 11.9. The number of amides is 1. The van der Waals surface area contributed by atoms with E-state index in [1.807, 2.05) is 32.9 Å². The van der Waals surface area contributed by atoms with E-state index < -0.39 is 0 Å². The normalized spacial score (nSPS) is 12.0. The van der Waals surface area contributed by atoms with E-state index in [1.54, 1.807) is 12.1 Å². The van der Waals surface area contributed by atoms with Crippen molar-refractivity contribution in [3.63, 3.8) is 0 Å². The number of aliphatic hydroxyl groups excluding tert-OH is 1. The second-order valence-corrected chi connectivity index (χ2v) is 5.10. The van der Waals surface area contributed by atoms with Gasteiger partial charge < -0.3 is 19.9 Å². The zero-order valence-corrected chi connectivity index (χ0v) is 13.0. The molecule has 0 aliphatic heterocycles. The molecule has 0 spiro atoms. The SMILES string of the molecule is CCOc1ccccc1OCC(=O)NC(CCO)C(C)C. The molecule has 1 amide bonds. The Kier molecular flexibility index (Phi) is 7.61. The van der Waals surface area contributed by atoms with Crippen LogP contribution in [0.15, 0.2) is 24.3 Å². The van der Waals surface area contributed by atoms with Crippen molar-refractivity contribution >= 4 is 5.91 Å². The van der Waals surface area contributed by atoms with Crippen LogP contribution in [0.25, 0.3) is 0 Å². The Labute approximate surface area is 126 Å². The van der Waals surface area contributed by atoms with Crippen LogP contribution >= 0.6 is 0 Å². The third-order valence-electron chi connectivity index (χ3n) is 3.10. The predicted octanol–water partition coefficient (Wildman–Crippen LogP) is 1.99. The fourth-order valence-corrected chi connectivity index (χ4v) is 1.95. The van der Waals surface area contributed by atoms with Crippen LogP contribution in [0.4, 0.5) is 0 Å². The molecule has 0 aliphatic carbocycles. The molecule has 5 heteroatoms. The summed E-state index contributed by atoms with van der Waals surface area (Å²) in [7, 11) is 0. The number of nitrogens with one attached hydrogen (secondary N) is 1. The molecule has 5 nitrogen and oxygen atoms in total. The molecule has 1 unspecified atom stereocenters. The zero-order valence-electron chi connectivity index (χ0n) is 13.0. The monoisotopic (exact) mass is 295 g/mol. The molecule has 21 heavy (non-hydrogen) atoms. The number of hydrogen-bond acceptors (Lipinski definition) is 4. The summed E-state index contributed by atoms with van der Waals surface area (Å²) in [6, 6.07) is 7.21. The second kappa shape index (κ2) is 9.23. The minimum atomic E-state index is -0.201. The first-order chi connectivity index (χ1) is 10.1. The smallest absolute Gasteiger partial charge is 0.258 e. The average molecular weight is 295 g/mol. The van der Waals surface area contributed by atoms with Gasteiger partial charge in [0.15, 0.2) is 18.1 Å². The number of rotatable bonds is 9. The molecular weight excluding hydrogens is 270 g/mol. The lowest BCUT2D eigenvalue weighted by Crippen LogP contribution is -2.41. The maximum absolute atomic E-state index is 11.9. The number of carbonyl (C=O) groups excluding carboxylic acids is 1. The molecule has 0 fully saturated rings. The maximum Gasteiger partial charge on any atom is 0.258 e. The number of carbonyl (C=O) groups is 1. The van der Waals surface area contributed by atoms with Crippen molar-refractivity contribution < 1.29 is 19.4 Å². The molecule has 0 bridgehead atoms. The van der Waals surface area contributed by atoms with Crippen molar-refractivity contribution in [2.75, 3.05) is 19.8 Å². The fourth-order valence-electron chi connectivity index (χ4n) is 1.95. The summed E-state index contributed by atoms with van der Waals surface area (Å²) in [6.07, 6.45) is 0.541. The van der Waals surface area contributed by atoms with Crippen molar-refractivity contribution in [3.8, 4) is 11.5 Å². The van der Waals surface area contributed by atoms with Gasteiger partial charge in [0.2, 0.25) is 0 Å². The van der Waals surface area contributed by atoms with E-state index in [9.17, 15) is 4.79 Å². The van der Waals surface area contributed by atoms with Gasteiger partial charge in [-0.1, -0.05) is 26.0 Å². The Morgan fingerprint density at radius 3 is 2.38 bits per heavy atom. The summed E-state index contributed by atoms with van der Waals surface area (Å²) in [6.45, 7) is 6.43. The van der Waals surface area contributed by atoms with Gasteiger partial charge in [0.1, 0.15) is 0 Å². The van der Waals surface area contributed by atoms with E-state index in [2.05, 4.69) is 5.32 Å². The number of aliphatic hydroxyl groups is 1. The van der Waals surface area contributed by atoms with Gasteiger partial charge in [-0.15, -0.1) is 0 Å². The van der Waals surface area contributed by atoms with Crippen LogP contribution in [0.1, 0.15) is 27.2 Å². The van der Waals surface area contributed by atoms with Gasteiger partial charge >= 0.3 is 0 Å². The molecule has 1 aromatic carbocycles. The molecule has 1 atom stereocenters. The molecule has 0 radical (unpaired) electrons. The summed E-state index contributed by atoms with van der Waals surface area (Å²) >= 11 is 0. The van der Waals surface area contributed by atoms with Gasteiger partial charge in [0.25, 0.3) is 5.91 Å². The Morgan fingerprint density at radius 1 is 1.24 bits per heavy atom. The molecule has 0 heterocycles. The quantitative estimate of drug-likeness (QED) is 0.731. The molecule has 118 valence electrons. The lowest BCUT2D eigenvalue weighted by atomic mass is 10.0. The Balaban J connectivity index is 2.52. The first-order valence-corrected chi connectivity index (χ1v) is 7.33. The summed E-state index contributed by atoms with van der Waals surface area (Å²) in [5.74, 6) is 1.24. The third kappa shape index (κ3) is 6.04. The van der Waals surface area contributed by atoms with Gasteiger partial charge in [-0.2, -0.15) is 0 Å². The molecule has 0 aromatic heterocycles. The summed E-state index contributed by atoms with van der Waals surface area (Å²) < 4.78 is 10.9. The van der Waals surface area contributed by atoms with E-state index in [0.717, 1.165) is 0 Å². The number of benzene rings is 1. The Morgan fingerprint density at radius 2 is 1.86 bits per heavy atom. The highest BCUT2D eigenvalue weighted by Crippen LogP contribution is 2.26. The Hall–Kier alpha value is -1.75. The van der Waals surface area contributed by atoms with Crippen LogP contribution in [0, 0.1) is 5.92 Å². The lowest BCUT2D eigenvalue weighted by Gasteiger charge is -2.21. The number of ether oxygens (including phenoxy) is 2. The van der Waals surface area contributed by atoms with Crippen molar-refractivity contribution in [3.05, 3.63) is 24.3 Å². The molecular formula is C16H25NO4. The number of para-hydroxylation sites is 2. The van der Waals surface area contributed by atoms with Crippen LogP contribution in [0.5, 0.6) is 11.5 Å². The third-order valence-corrected chi connectivity index (χ3v) is 3.10. The van der Waals surface area contributed by atoms with Crippen LogP contribution < -0.4 is 14.8 Å². The average Bonchev–Trinajstić information content (AvgIpc) is 2.46. The highest BCUT2D eigenvalue weighted by Gasteiger charge is 2.16. The van der Waals surface area contributed by atoms with Crippen molar-refractivity contribution in [2.45, 2.75) is 33.2 Å². The highest BCUT2D eigenvalue weighted by atomic mass is 16.5. The van der Waals surface area contributed by atoms with Gasteiger partial charge in [-0.25, -0.2) is 0 Å². The number of hydrogen-bond donors (Lipinski definition) is 2. The lowest BCUT2D eigenvalue weighted by molar-refractivity contribution is -0.124. The predicted molar refractivity (Wildman–Crippen MR) is 81.6 cm³/mol. The standard InChI is InChI=1S/C16H25NO4/c1-4-20-14-7-5-6-8-15(14)21-11-16(19)17-13(9-10-18)12(2)3/h5-8,12-13,18H,4,9-11H2,1-3H3,(H,17,19). The first-order valence-electron chi connectivity index (χ1n) is 7.33. The van der Waals surface area contributed by atoms with Gasteiger partial charge in [0.05, 0.1) is 6.61 Å². The van der Waals surface area contributed by atoms with E-state index in [-0.39, 0.29) is 31.1 Å². The van der Waals surface area contributed by atoms with E-state index in [1.165, 1.54) is 0 Å². The van der Waals surface area contributed by atoms with E-state index >= 15 is 0 Å². The second-order valence-electron chi connectivity index (χ2n) is 5.10. The van der Waals surface area contributed by atoms with Crippen LogP contribution in [0.2, 0.25) is 0 Å². The highest BCUT2D eigenvalue weighted by molar-refractivity contribution is 5.78. The molecule has 0 saturated heterocycles. The van der Waals surface area contributed by atoms with Crippen LogP contribution in [-0.4, -0.2) is 36.9 Å². The van der Waals surface area contributed by atoms with Gasteiger partial charge in [-0.05, 0) is 31.4 Å². The topological polar surface area (TPSA) is 67.8 Å². The van der Waals surface area contributed by atoms with Crippen molar-refractivity contribution in [1.82, 2.24) is 5.32 Å². The minimum absolute atomic E-state index is 0.0479. The fraction of sp³-hybridized carbons (Fsp3) is 0.562. The molecule has 1 rings (SSSR count). The van der Waals surface area contributed by atoms with Crippen LogP contribution in [0.3, 0.4) is 0 Å². The zero-order chi connectivity index (χ0) is 15.7. The minimum Gasteiger partial charge on any atom is -0.490 e. The molecule has 2 N–H and O–H groups in total. The summed E-state index contributed by atoms with van der Waals surface area (Å²) in [5.41, 5.74) is 0. The van der Waals surface area contributed by atoms with Crippen molar-refractivity contribution in [2.24, 2.45) is 5.92 Å². The van der Waals surface area contributed by atoms with Crippen molar-refractivity contribution in [1.29, 1.82) is 0 Å². The Bertz CT molecular complexity index is 434. The molecule has 0 aliphatic rings. The first kappa shape index (κ1) is 17.3. The molecule has 1 aromatic rings. The maximum atomic E-state index is 11.9. The van der Waals surface area contributed by atoms with E-state index in [0.29, 0.717) is 24.5 Å². The largest absolute Gasteiger partial charge is 0.490 e.